The van der Waals surface area contributed by atoms with Gasteiger partial charge in [0, 0.05) is 19.6 Å². The molecular weight excluding hydrogens is 437 g/mol. The summed E-state index contributed by atoms with van der Waals surface area (Å²) in [5, 5.41) is 2.97. The third kappa shape index (κ3) is 4.46. The summed E-state index contributed by atoms with van der Waals surface area (Å²) in [5.74, 6) is -1.76. The number of hydrogen-bond donors (Lipinski definition) is 1. The number of fused-ring (bicyclic) bond motifs is 1. The molecule has 4 rings (SSSR count). The number of carbonyl (C=O) groups excluding carboxylic acids is 1. The molecular formula is C21H18F5N3O3. The number of likely N-dealkylation sites (tertiary alicyclic amines) is 1. The third-order valence-corrected chi connectivity index (χ3v) is 5.10. The largest absolute Gasteiger partial charge is 0.461 e. The number of anilines is 1. The Bertz CT molecular complexity index is 1120. The van der Waals surface area contributed by atoms with Gasteiger partial charge in [-0.3, -0.25) is 4.79 Å². The zero-order valence-electron chi connectivity index (χ0n) is 16.5. The monoisotopic (exact) mass is 455 g/mol. The number of carbonyl (C=O) groups is 1. The molecule has 0 bridgehead atoms. The van der Waals surface area contributed by atoms with Gasteiger partial charge in [-0.1, -0.05) is 18.2 Å². The molecule has 1 fully saturated rings. The fraction of sp³-hybridized carbons (Fsp3) is 0.333. The molecule has 170 valence electrons. The third-order valence-electron chi connectivity index (χ3n) is 5.10. The standard InChI is InChI=1S/C21H18F5N3O3/c22-14-5-3-6-15-17(14)31-20(28-15)27-10-12-8-9-29(11-12)18(30)13-4-1-2-7-16(13)32-21(25,26)19(23)24/h1-7,12,19H,8-11H2,(H,27,28)/t12-/m0/s1. The van der Waals surface area contributed by atoms with Crippen LogP contribution in [0.3, 0.4) is 0 Å². The second kappa shape index (κ2) is 8.64. The van der Waals surface area contributed by atoms with Crippen LogP contribution in [-0.4, -0.2) is 48.0 Å². The van der Waals surface area contributed by atoms with Crippen molar-refractivity contribution >= 4 is 23.0 Å². The first kappa shape index (κ1) is 21.8. The van der Waals surface area contributed by atoms with Gasteiger partial charge in [-0.05, 0) is 36.6 Å². The molecule has 1 aliphatic heterocycles. The number of alkyl halides is 4. The Labute approximate surface area is 179 Å². The summed E-state index contributed by atoms with van der Waals surface area (Å²) < 4.78 is 74.9. The van der Waals surface area contributed by atoms with Gasteiger partial charge in [-0.15, -0.1) is 0 Å². The van der Waals surface area contributed by atoms with E-state index in [1.165, 1.54) is 35.2 Å². The van der Waals surface area contributed by atoms with Crippen LogP contribution in [0.2, 0.25) is 0 Å². The van der Waals surface area contributed by atoms with E-state index in [4.69, 9.17) is 4.42 Å². The van der Waals surface area contributed by atoms with Gasteiger partial charge in [0.15, 0.2) is 11.4 Å². The predicted octanol–water partition coefficient (Wildman–Crippen LogP) is 4.78. The van der Waals surface area contributed by atoms with Gasteiger partial charge in [0.25, 0.3) is 11.9 Å². The van der Waals surface area contributed by atoms with Crippen molar-refractivity contribution in [2.75, 3.05) is 25.0 Å². The minimum Gasteiger partial charge on any atom is -0.427 e. The fourth-order valence-corrected chi connectivity index (χ4v) is 3.50. The van der Waals surface area contributed by atoms with Crippen LogP contribution in [0.4, 0.5) is 28.0 Å². The lowest BCUT2D eigenvalue weighted by molar-refractivity contribution is -0.253. The minimum atomic E-state index is -4.72. The fourth-order valence-electron chi connectivity index (χ4n) is 3.50. The summed E-state index contributed by atoms with van der Waals surface area (Å²) in [4.78, 5) is 18.4. The van der Waals surface area contributed by atoms with Crippen LogP contribution in [0.5, 0.6) is 5.75 Å². The Morgan fingerprint density at radius 3 is 2.78 bits per heavy atom. The van der Waals surface area contributed by atoms with Gasteiger partial charge in [0.05, 0.1) is 5.56 Å². The van der Waals surface area contributed by atoms with E-state index >= 15 is 0 Å². The highest BCUT2D eigenvalue weighted by molar-refractivity contribution is 5.97. The number of halogens is 5. The van der Waals surface area contributed by atoms with Gasteiger partial charge in [-0.25, -0.2) is 4.39 Å². The normalized spacial score (nSPS) is 16.7. The number of oxazole rings is 1. The average molecular weight is 455 g/mol. The molecule has 1 aliphatic rings. The van der Waals surface area contributed by atoms with Crippen molar-refractivity contribution in [3.63, 3.8) is 0 Å². The maximum atomic E-state index is 13.7. The van der Waals surface area contributed by atoms with Crippen LogP contribution in [0, 0.1) is 11.7 Å². The van der Waals surface area contributed by atoms with E-state index in [0.717, 1.165) is 6.07 Å². The first-order valence-electron chi connectivity index (χ1n) is 9.77. The van der Waals surface area contributed by atoms with Crippen LogP contribution < -0.4 is 10.1 Å². The van der Waals surface area contributed by atoms with Gasteiger partial charge in [0.2, 0.25) is 0 Å². The quantitative estimate of drug-likeness (QED) is 0.520. The summed E-state index contributed by atoms with van der Waals surface area (Å²) in [6.07, 6.45) is -8.15. The van der Waals surface area contributed by atoms with Gasteiger partial charge >= 0.3 is 12.5 Å². The summed E-state index contributed by atoms with van der Waals surface area (Å²) >= 11 is 0. The van der Waals surface area contributed by atoms with Gasteiger partial charge in [0.1, 0.15) is 11.3 Å². The van der Waals surface area contributed by atoms with Crippen molar-refractivity contribution in [2.24, 2.45) is 5.92 Å². The number of benzene rings is 2. The molecule has 0 aliphatic carbocycles. The molecule has 1 N–H and O–H groups in total. The molecule has 1 saturated heterocycles. The Morgan fingerprint density at radius 1 is 1.25 bits per heavy atom. The zero-order chi connectivity index (χ0) is 22.9. The minimum absolute atomic E-state index is 0.0191. The molecule has 11 heteroatoms. The highest BCUT2D eigenvalue weighted by atomic mass is 19.3. The maximum Gasteiger partial charge on any atom is 0.461 e. The van der Waals surface area contributed by atoms with Gasteiger partial charge in [-0.2, -0.15) is 22.5 Å². The molecule has 2 heterocycles. The highest BCUT2D eigenvalue weighted by Crippen LogP contribution is 2.31. The Morgan fingerprint density at radius 2 is 2.03 bits per heavy atom. The molecule has 1 amide bonds. The van der Waals surface area contributed by atoms with E-state index in [1.54, 1.807) is 6.07 Å². The van der Waals surface area contributed by atoms with E-state index in [1.807, 2.05) is 0 Å². The topological polar surface area (TPSA) is 67.6 Å². The lowest BCUT2D eigenvalue weighted by Gasteiger charge is -2.21. The first-order chi connectivity index (χ1) is 15.2. The molecule has 0 radical (unpaired) electrons. The van der Waals surface area contributed by atoms with E-state index in [2.05, 4.69) is 15.0 Å². The highest BCUT2D eigenvalue weighted by Gasteiger charge is 2.44. The van der Waals surface area contributed by atoms with Crippen LogP contribution in [0.25, 0.3) is 11.1 Å². The van der Waals surface area contributed by atoms with Crippen molar-refractivity contribution < 1.29 is 35.9 Å². The molecule has 6 nitrogen and oxygen atoms in total. The number of rotatable bonds is 7. The van der Waals surface area contributed by atoms with Crippen molar-refractivity contribution in [2.45, 2.75) is 19.0 Å². The van der Waals surface area contributed by atoms with E-state index in [-0.39, 0.29) is 23.1 Å². The molecule has 3 aromatic rings. The summed E-state index contributed by atoms with van der Waals surface area (Å²) in [6.45, 7) is 1.01. The molecule has 1 atom stereocenters. The van der Waals surface area contributed by atoms with Crippen LogP contribution >= 0.6 is 0 Å². The number of ether oxygens (including phenoxy) is 1. The van der Waals surface area contributed by atoms with Crippen molar-refractivity contribution in [1.29, 1.82) is 0 Å². The van der Waals surface area contributed by atoms with Crippen molar-refractivity contribution in [3.05, 3.63) is 53.8 Å². The maximum absolute atomic E-state index is 13.7. The molecule has 0 saturated carbocycles. The smallest absolute Gasteiger partial charge is 0.427 e. The number of para-hydroxylation sites is 2. The van der Waals surface area contributed by atoms with Crippen LogP contribution in [0.1, 0.15) is 16.8 Å². The SMILES string of the molecule is O=C(c1ccccc1OC(F)(F)C(F)F)N1CC[C@@H](CNc2nc3cccc(F)c3o2)C1. The Balaban J connectivity index is 1.39. The number of hydrogen-bond acceptors (Lipinski definition) is 5. The Hall–Kier alpha value is -3.37. The van der Waals surface area contributed by atoms with Crippen molar-refractivity contribution in [1.82, 2.24) is 9.88 Å². The van der Waals surface area contributed by atoms with Crippen LogP contribution in [-0.2, 0) is 0 Å². The Kier molecular flexibility index (Phi) is 5.90. The first-order valence-corrected chi connectivity index (χ1v) is 9.77. The second-order valence-corrected chi connectivity index (χ2v) is 7.35. The molecule has 1 aromatic heterocycles. The van der Waals surface area contributed by atoms with Crippen LogP contribution in [0.15, 0.2) is 46.9 Å². The summed E-state index contributed by atoms with van der Waals surface area (Å²) in [6, 6.07) is 9.57. The number of aromatic nitrogens is 1. The zero-order valence-corrected chi connectivity index (χ0v) is 16.5. The molecule has 0 spiro atoms. The average Bonchev–Trinajstić information content (AvgIpc) is 3.39. The van der Waals surface area contributed by atoms with E-state index < -0.39 is 30.0 Å². The summed E-state index contributed by atoms with van der Waals surface area (Å²) in [7, 11) is 0. The molecule has 0 unspecified atom stereocenters. The van der Waals surface area contributed by atoms with E-state index in [0.29, 0.717) is 31.6 Å². The van der Waals surface area contributed by atoms with Crippen molar-refractivity contribution in [3.8, 4) is 5.75 Å². The number of nitrogens with zero attached hydrogens (tertiary/aromatic N) is 2. The number of nitrogens with one attached hydrogen (secondary N) is 1. The van der Waals surface area contributed by atoms with E-state index in [9.17, 15) is 26.7 Å². The number of amides is 1. The lowest BCUT2D eigenvalue weighted by atomic mass is 10.1. The second-order valence-electron chi connectivity index (χ2n) is 7.35. The molecule has 2 aromatic carbocycles. The lowest BCUT2D eigenvalue weighted by Crippen LogP contribution is -2.35. The van der Waals surface area contributed by atoms with Gasteiger partial charge < -0.3 is 19.4 Å². The predicted molar refractivity (Wildman–Crippen MR) is 104 cm³/mol. The summed E-state index contributed by atoms with van der Waals surface area (Å²) in [5.41, 5.74) is 0.180. The molecule has 32 heavy (non-hydrogen) atoms.